The number of aromatic amines is 1. The van der Waals surface area contributed by atoms with Gasteiger partial charge in [0.25, 0.3) is 0 Å². The molecule has 2 aliphatic rings. The van der Waals surface area contributed by atoms with Gasteiger partial charge in [0, 0.05) is 41.7 Å². The van der Waals surface area contributed by atoms with Gasteiger partial charge in [0.1, 0.15) is 11.6 Å². The molecule has 9 nitrogen and oxygen atoms in total. The summed E-state index contributed by atoms with van der Waals surface area (Å²) >= 11 is 6.51. The predicted molar refractivity (Wildman–Crippen MR) is 121 cm³/mol. The lowest BCUT2D eigenvalue weighted by Gasteiger charge is -2.26. The Morgan fingerprint density at radius 3 is 2.84 bits per heavy atom. The zero-order valence-electron chi connectivity index (χ0n) is 17.0. The van der Waals surface area contributed by atoms with Crippen molar-refractivity contribution >= 4 is 40.2 Å². The number of aromatic nitrogens is 4. The van der Waals surface area contributed by atoms with Crippen LogP contribution >= 0.6 is 11.6 Å². The number of allylic oxidation sites excluding steroid dienone is 2. The van der Waals surface area contributed by atoms with E-state index < -0.39 is 5.92 Å². The molecule has 164 valence electrons. The molecule has 1 amide bonds. The van der Waals surface area contributed by atoms with Gasteiger partial charge in [-0.25, -0.2) is 15.0 Å². The summed E-state index contributed by atoms with van der Waals surface area (Å²) in [7, 11) is 0. The number of nitrogens with one attached hydrogen (secondary N) is 3. The highest BCUT2D eigenvalue weighted by molar-refractivity contribution is 6.35. The van der Waals surface area contributed by atoms with Crippen molar-refractivity contribution < 1.29 is 9.90 Å². The summed E-state index contributed by atoms with van der Waals surface area (Å²) in [6, 6.07) is 3.61. The van der Waals surface area contributed by atoms with Gasteiger partial charge in [0.15, 0.2) is 5.65 Å². The van der Waals surface area contributed by atoms with Crippen molar-refractivity contribution in [2.75, 3.05) is 18.5 Å². The van der Waals surface area contributed by atoms with Crippen LogP contribution in [-0.2, 0) is 4.79 Å². The number of aliphatic hydroxyl groups excluding tert-OH is 1. The SMILES string of the molecule is N=C(c1c(Cl)cnc2nc(-c3ccnc(NCCO)c3)[nH]c12)C1C2C=CC(C2)C1C(N)=O. The Bertz CT molecular complexity index is 1250. The maximum absolute atomic E-state index is 12.2. The van der Waals surface area contributed by atoms with Crippen molar-refractivity contribution in [3.63, 3.8) is 0 Å². The van der Waals surface area contributed by atoms with Gasteiger partial charge in [-0.05, 0) is 30.4 Å². The lowest BCUT2D eigenvalue weighted by atomic mass is 9.77. The summed E-state index contributed by atoms with van der Waals surface area (Å²) < 4.78 is 0. The fraction of sp³-hybridized carbons (Fsp3) is 0.318. The largest absolute Gasteiger partial charge is 0.395 e. The molecular formula is C22H22ClN7O2. The maximum atomic E-state index is 12.2. The summed E-state index contributed by atoms with van der Waals surface area (Å²) in [5.74, 6) is 0.187. The van der Waals surface area contributed by atoms with Crippen molar-refractivity contribution in [3.05, 3.63) is 47.3 Å². The monoisotopic (exact) mass is 451 g/mol. The first-order valence-corrected chi connectivity index (χ1v) is 10.8. The third kappa shape index (κ3) is 3.34. The second kappa shape index (κ2) is 7.99. The van der Waals surface area contributed by atoms with Crippen LogP contribution in [0.25, 0.3) is 22.6 Å². The van der Waals surface area contributed by atoms with Gasteiger partial charge in [-0.1, -0.05) is 23.8 Å². The number of halogens is 1. The van der Waals surface area contributed by atoms with Crippen molar-refractivity contribution in [2.45, 2.75) is 6.42 Å². The maximum Gasteiger partial charge on any atom is 0.221 e. The van der Waals surface area contributed by atoms with Crippen LogP contribution in [0.1, 0.15) is 12.0 Å². The number of H-pyrrole nitrogens is 1. The topological polar surface area (TPSA) is 154 Å². The molecule has 0 radical (unpaired) electrons. The molecule has 3 aromatic rings. The molecule has 0 spiro atoms. The molecule has 32 heavy (non-hydrogen) atoms. The fourth-order valence-corrected chi connectivity index (χ4v) is 5.21. The van der Waals surface area contributed by atoms with Gasteiger partial charge in [-0.15, -0.1) is 0 Å². The number of primary amides is 1. The van der Waals surface area contributed by atoms with Crippen LogP contribution in [0.15, 0.2) is 36.7 Å². The quantitative estimate of drug-likeness (QED) is 0.274. The summed E-state index contributed by atoms with van der Waals surface area (Å²) in [5.41, 5.74) is 8.23. The Labute approximate surface area is 188 Å². The van der Waals surface area contributed by atoms with E-state index in [0.717, 1.165) is 12.0 Å². The number of carbonyl (C=O) groups is 1. The van der Waals surface area contributed by atoms with Gasteiger partial charge in [-0.3, -0.25) is 4.79 Å². The van der Waals surface area contributed by atoms with Gasteiger partial charge < -0.3 is 26.6 Å². The van der Waals surface area contributed by atoms with Gasteiger partial charge in [0.05, 0.1) is 23.1 Å². The average molecular weight is 452 g/mol. The second-order valence-corrected chi connectivity index (χ2v) is 8.57. The van der Waals surface area contributed by atoms with Crippen LogP contribution in [0, 0.1) is 29.1 Å². The van der Waals surface area contributed by atoms with E-state index in [4.69, 9.17) is 27.9 Å². The number of rotatable bonds is 7. The number of nitrogens with two attached hydrogens (primary N) is 1. The Morgan fingerprint density at radius 1 is 1.31 bits per heavy atom. The number of anilines is 1. The van der Waals surface area contributed by atoms with Crippen LogP contribution in [-0.4, -0.2) is 49.8 Å². The first kappa shape index (κ1) is 20.6. The third-order valence-electron chi connectivity index (χ3n) is 6.32. The molecule has 4 atom stereocenters. The summed E-state index contributed by atoms with van der Waals surface area (Å²) in [6.07, 6.45) is 8.06. The molecule has 0 aromatic carbocycles. The Balaban J connectivity index is 1.56. The molecule has 10 heteroatoms. The molecule has 0 aliphatic heterocycles. The van der Waals surface area contributed by atoms with E-state index in [1.165, 1.54) is 6.20 Å². The molecule has 1 fully saturated rings. The van der Waals surface area contributed by atoms with E-state index >= 15 is 0 Å². The molecular weight excluding hydrogens is 430 g/mol. The van der Waals surface area contributed by atoms with E-state index in [1.807, 2.05) is 12.1 Å². The van der Waals surface area contributed by atoms with Crippen LogP contribution in [0.3, 0.4) is 0 Å². The second-order valence-electron chi connectivity index (χ2n) is 8.16. The minimum Gasteiger partial charge on any atom is -0.395 e. The summed E-state index contributed by atoms with van der Waals surface area (Å²) in [5, 5.41) is 21.4. The van der Waals surface area contributed by atoms with E-state index in [-0.39, 0.29) is 36.0 Å². The highest BCUT2D eigenvalue weighted by Crippen LogP contribution is 2.49. The van der Waals surface area contributed by atoms with Gasteiger partial charge >= 0.3 is 0 Å². The number of carbonyl (C=O) groups excluding carboxylic acids is 1. The lowest BCUT2D eigenvalue weighted by Crippen LogP contribution is -2.37. The molecule has 2 aliphatic carbocycles. The van der Waals surface area contributed by atoms with Crippen molar-refractivity contribution in [3.8, 4) is 11.4 Å². The smallest absolute Gasteiger partial charge is 0.221 e. The Kier molecular flexibility index (Phi) is 5.15. The van der Waals surface area contributed by atoms with Crippen molar-refractivity contribution in [1.82, 2.24) is 19.9 Å². The number of imidazole rings is 1. The molecule has 1 saturated carbocycles. The molecule has 6 N–H and O–H groups in total. The lowest BCUT2D eigenvalue weighted by molar-refractivity contribution is -0.123. The molecule has 3 aromatic heterocycles. The van der Waals surface area contributed by atoms with Crippen LogP contribution < -0.4 is 11.1 Å². The normalized spacial score (nSPS) is 23.7. The molecule has 5 rings (SSSR count). The van der Waals surface area contributed by atoms with E-state index in [2.05, 4.69) is 31.3 Å². The number of hydrogen-bond acceptors (Lipinski definition) is 7. The number of fused-ring (bicyclic) bond motifs is 3. The number of pyridine rings is 2. The molecule has 4 unspecified atom stereocenters. The summed E-state index contributed by atoms with van der Waals surface area (Å²) in [4.78, 5) is 28.6. The van der Waals surface area contributed by atoms with Crippen LogP contribution in [0.2, 0.25) is 5.02 Å². The highest BCUT2D eigenvalue weighted by Gasteiger charge is 2.49. The van der Waals surface area contributed by atoms with Gasteiger partial charge in [0.2, 0.25) is 5.91 Å². The zero-order chi connectivity index (χ0) is 22.4. The number of hydrogen-bond donors (Lipinski definition) is 5. The standard InChI is InChI=1S/C22H22ClN7O2/c23-13-9-28-22-19(29-21(30-22)12-3-4-26-14(8-12)27-5-6-31)17(13)18(24)15-10-1-2-11(7-10)16(15)20(25)32/h1-4,8-11,15-16,24,31H,5-7H2,(H2,25,32)(H,26,27)(H,28,29,30). The molecule has 2 bridgehead atoms. The molecule has 0 saturated heterocycles. The highest BCUT2D eigenvalue weighted by atomic mass is 35.5. The Hall–Kier alpha value is -3.30. The predicted octanol–water partition coefficient (Wildman–Crippen LogP) is 2.37. The summed E-state index contributed by atoms with van der Waals surface area (Å²) in [6.45, 7) is 0.378. The number of nitrogens with zero attached hydrogens (tertiary/aromatic N) is 3. The Morgan fingerprint density at radius 2 is 2.09 bits per heavy atom. The van der Waals surface area contributed by atoms with Crippen LogP contribution in [0.4, 0.5) is 5.82 Å². The molecule has 3 heterocycles. The van der Waals surface area contributed by atoms with Gasteiger partial charge in [-0.2, -0.15) is 0 Å². The zero-order valence-corrected chi connectivity index (χ0v) is 17.8. The number of amides is 1. The van der Waals surface area contributed by atoms with E-state index in [1.54, 1.807) is 12.3 Å². The van der Waals surface area contributed by atoms with E-state index in [9.17, 15) is 4.79 Å². The minimum atomic E-state index is -0.417. The average Bonchev–Trinajstić information content (AvgIpc) is 3.51. The van der Waals surface area contributed by atoms with E-state index in [0.29, 0.717) is 39.9 Å². The first-order valence-electron chi connectivity index (χ1n) is 10.4. The van der Waals surface area contributed by atoms with Crippen LogP contribution in [0.5, 0.6) is 0 Å². The minimum absolute atomic E-state index is 0.00502. The number of aliphatic hydroxyl groups is 1. The van der Waals surface area contributed by atoms with Crippen molar-refractivity contribution in [1.29, 1.82) is 5.41 Å². The third-order valence-corrected chi connectivity index (χ3v) is 6.60. The fourth-order valence-electron chi connectivity index (χ4n) is 4.96. The van der Waals surface area contributed by atoms with Crippen molar-refractivity contribution in [2.24, 2.45) is 29.4 Å². The first-order chi connectivity index (χ1) is 15.5.